The molecule has 0 spiro atoms. The molecule has 0 saturated carbocycles. The van der Waals surface area contributed by atoms with E-state index in [1.807, 2.05) is 0 Å². The van der Waals surface area contributed by atoms with Crippen LogP contribution in [-0.2, 0) is 10.2 Å². The van der Waals surface area contributed by atoms with Crippen molar-refractivity contribution in [3.05, 3.63) is 53.8 Å². The molecule has 0 amide bonds. The van der Waals surface area contributed by atoms with E-state index in [-0.39, 0.29) is 0 Å². The lowest BCUT2D eigenvalue weighted by Gasteiger charge is -2.20. The first-order chi connectivity index (χ1) is 9.86. The molecule has 110 valence electrons. The van der Waals surface area contributed by atoms with E-state index in [0.717, 1.165) is 0 Å². The number of carboxylic acid groups (broad SMARTS) is 1. The van der Waals surface area contributed by atoms with Gasteiger partial charge in [-0.3, -0.25) is 4.79 Å². The van der Waals surface area contributed by atoms with Crippen LogP contribution in [0.15, 0.2) is 42.5 Å². The monoisotopic (exact) mass is 288 g/mol. The Morgan fingerprint density at radius 2 is 1.90 bits per heavy atom. The van der Waals surface area contributed by atoms with Gasteiger partial charge in [-0.15, -0.1) is 0 Å². The zero-order valence-corrected chi connectivity index (χ0v) is 12.2. The Hall–Kier alpha value is -2.36. The van der Waals surface area contributed by atoms with E-state index < -0.39 is 17.2 Å². The van der Waals surface area contributed by atoms with E-state index in [9.17, 15) is 14.3 Å². The lowest BCUT2D eigenvalue weighted by Crippen LogP contribution is -2.28. The molecule has 3 nitrogen and oxygen atoms in total. The Kier molecular flexibility index (Phi) is 3.98. The van der Waals surface area contributed by atoms with Crippen LogP contribution < -0.4 is 4.74 Å². The fourth-order valence-electron chi connectivity index (χ4n) is 2.06. The summed E-state index contributed by atoms with van der Waals surface area (Å²) in [6.45, 7) is 3.25. The van der Waals surface area contributed by atoms with E-state index in [4.69, 9.17) is 4.74 Å². The first-order valence-corrected chi connectivity index (χ1v) is 6.54. The van der Waals surface area contributed by atoms with Crippen molar-refractivity contribution in [3.63, 3.8) is 0 Å². The van der Waals surface area contributed by atoms with Crippen molar-refractivity contribution in [2.75, 3.05) is 7.11 Å². The first-order valence-electron chi connectivity index (χ1n) is 6.54. The molecule has 0 radical (unpaired) electrons. The maximum absolute atomic E-state index is 14.1. The van der Waals surface area contributed by atoms with Gasteiger partial charge in [0.2, 0.25) is 0 Å². The molecular formula is C17H17FO3. The summed E-state index contributed by atoms with van der Waals surface area (Å²) < 4.78 is 19.1. The number of carbonyl (C=O) groups is 1. The molecule has 0 atom stereocenters. The van der Waals surface area contributed by atoms with Gasteiger partial charge in [0.25, 0.3) is 0 Å². The molecule has 0 unspecified atom stereocenters. The third-order valence-corrected chi connectivity index (χ3v) is 3.61. The second-order valence-electron chi connectivity index (χ2n) is 5.36. The normalized spacial score (nSPS) is 11.2. The van der Waals surface area contributed by atoms with E-state index in [0.29, 0.717) is 22.4 Å². The van der Waals surface area contributed by atoms with Crippen molar-refractivity contribution in [3.8, 4) is 16.9 Å². The largest absolute Gasteiger partial charge is 0.497 e. The third kappa shape index (κ3) is 2.89. The molecule has 0 heterocycles. The molecular weight excluding hydrogens is 271 g/mol. The van der Waals surface area contributed by atoms with Crippen molar-refractivity contribution < 1.29 is 19.0 Å². The van der Waals surface area contributed by atoms with Crippen LogP contribution in [0.2, 0.25) is 0 Å². The van der Waals surface area contributed by atoms with Gasteiger partial charge >= 0.3 is 5.97 Å². The minimum Gasteiger partial charge on any atom is -0.497 e. The summed E-state index contributed by atoms with van der Waals surface area (Å²) in [5.74, 6) is -0.882. The van der Waals surface area contributed by atoms with Crippen LogP contribution in [0.25, 0.3) is 11.1 Å². The number of methoxy groups -OCH3 is 1. The molecule has 0 bridgehead atoms. The number of halogens is 1. The van der Waals surface area contributed by atoms with Gasteiger partial charge in [-0.25, -0.2) is 4.39 Å². The molecule has 0 saturated heterocycles. The van der Waals surface area contributed by atoms with Crippen LogP contribution in [0, 0.1) is 5.82 Å². The van der Waals surface area contributed by atoms with Gasteiger partial charge in [0.05, 0.1) is 12.5 Å². The van der Waals surface area contributed by atoms with E-state index in [1.165, 1.54) is 13.2 Å². The number of ether oxygens (including phenoxy) is 1. The van der Waals surface area contributed by atoms with Crippen LogP contribution in [0.5, 0.6) is 5.75 Å². The fourth-order valence-corrected chi connectivity index (χ4v) is 2.06. The van der Waals surface area contributed by atoms with E-state index in [2.05, 4.69) is 0 Å². The fraction of sp³-hybridized carbons (Fsp3) is 0.235. The highest BCUT2D eigenvalue weighted by atomic mass is 19.1. The molecule has 1 N–H and O–H groups in total. The zero-order valence-electron chi connectivity index (χ0n) is 12.2. The summed E-state index contributed by atoms with van der Waals surface area (Å²) in [7, 11) is 1.48. The average Bonchev–Trinajstić information content (AvgIpc) is 2.47. The molecule has 0 aliphatic rings. The number of carboxylic acids is 1. The molecule has 0 aliphatic heterocycles. The quantitative estimate of drug-likeness (QED) is 0.929. The number of hydrogen-bond acceptors (Lipinski definition) is 2. The van der Waals surface area contributed by atoms with Crippen LogP contribution >= 0.6 is 0 Å². The number of benzene rings is 2. The predicted molar refractivity (Wildman–Crippen MR) is 79.0 cm³/mol. The minimum atomic E-state index is -1.03. The predicted octanol–water partition coefficient (Wildman–Crippen LogP) is 3.86. The first kappa shape index (κ1) is 15.0. The molecule has 21 heavy (non-hydrogen) atoms. The number of aliphatic carboxylic acids is 1. The van der Waals surface area contributed by atoms with Crippen molar-refractivity contribution in [2.24, 2.45) is 0 Å². The van der Waals surface area contributed by atoms with Crippen molar-refractivity contribution in [1.29, 1.82) is 0 Å². The minimum absolute atomic E-state index is 0.403. The van der Waals surface area contributed by atoms with Gasteiger partial charge in [-0.1, -0.05) is 18.2 Å². The van der Waals surface area contributed by atoms with Crippen LogP contribution in [0.3, 0.4) is 0 Å². The van der Waals surface area contributed by atoms with E-state index in [1.54, 1.807) is 50.2 Å². The van der Waals surface area contributed by atoms with Crippen LogP contribution in [0.4, 0.5) is 4.39 Å². The Morgan fingerprint density at radius 1 is 1.19 bits per heavy atom. The summed E-state index contributed by atoms with van der Waals surface area (Å²) in [6.07, 6.45) is 0. The van der Waals surface area contributed by atoms with Crippen molar-refractivity contribution in [2.45, 2.75) is 19.3 Å². The topological polar surface area (TPSA) is 46.5 Å². The van der Waals surface area contributed by atoms with Gasteiger partial charge in [0.15, 0.2) is 0 Å². The standard InChI is InChI=1S/C17H17FO3/c1-17(2,16(19)20)12-6-4-5-11(9-12)14-8-7-13(21-3)10-15(14)18/h4-10H,1-3H3,(H,19,20). The second-order valence-corrected chi connectivity index (χ2v) is 5.36. The number of hydrogen-bond donors (Lipinski definition) is 1. The third-order valence-electron chi connectivity index (χ3n) is 3.61. The SMILES string of the molecule is COc1ccc(-c2cccc(C(C)(C)C(=O)O)c2)c(F)c1. The Bertz CT molecular complexity index is 677. The van der Waals surface area contributed by atoms with Gasteiger partial charge in [-0.2, -0.15) is 0 Å². The zero-order chi connectivity index (χ0) is 15.6. The van der Waals surface area contributed by atoms with Gasteiger partial charge < -0.3 is 9.84 Å². The van der Waals surface area contributed by atoms with Crippen LogP contribution in [-0.4, -0.2) is 18.2 Å². The Labute approximate surface area is 123 Å². The maximum Gasteiger partial charge on any atom is 0.313 e. The van der Waals surface area contributed by atoms with Crippen molar-refractivity contribution >= 4 is 5.97 Å². The summed E-state index contributed by atoms with van der Waals surface area (Å²) in [6, 6.07) is 11.5. The molecule has 2 aromatic carbocycles. The number of rotatable bonds is 4. The summed E-state index contributed by atoms with van der Waals surface area (Å²) >= 11 is 0. The summed E-state index contributed by atoms with van der Waals surface area (Å²) in [5.41, 5.74) is 0.655. The lowest BCUT2D eigenvalue weighted by atomic mass is 9.83. The molecule has 2 rings (SSSR count). The summed E-state index contributed by atoms with van der Waals surface area (Å²) in [4.78, 5) is 11.3. The second kappa shape index (κ2) is 5.56. The average molecular weight is 288 g/mol. The molecule has 0 aromatic heterocycles. The maximum atomic E-state index is 14.1. The smallest absolute Gasteiger partial charge is 0.313 e. The van der Waals surface area contributed by atoms with E-state index >= 15 is 0 Å². The Balaban J connectivity index is 2.49. The highest BCUT2D eigenvalue weighted by Crippen LogP contribution is 2.30. The van der Waals surface area contributed by atoms with Gasteiger partial charge in [0, 0.05) is 11.6 Å². The summed E-state index contributed by atoms with van der Waals surface area (Å²) in [5, 5.41) is 9.29. The van der Waals surface area contributed by atoms with Crippen molar-refractivity contribution in [1.82, 2.24) is 0 Å². The Morgan fingerprint density at radius 3 is 2.48 bits per heavy atom. The highest BCUT2D eigenvalue weighted by Gasteiger charge is 2.29. The van der Waals surface area contributed by atoms with Crippen LogP contribution in [0.1, 0.15) is 19.4 Å². The van der Waals surface area contributed by atoms with Gasteiger partial charge in [-0.05, 0) is 43.2 Å². The highest BCUT2D eigenvalue weighted by molar-refractivity contribution is 5.81. The molecule has 0 aliphatic carbocycles. The molecule has 2 aromatic rings. The molecule has 4 heteroatoms. The molecule has 0 fully saturated rings. The van der Waals surface area contributed by atoms with Gasteiger partial charge in [0.1, 0.15) is 11.6 Å². The lowest BCUT2D eigenvalue weighted by molar-refractivity contribution is -0.142.